The number of carbonyl (C=O) groups is 1. The zero-order valence-corrected chi connectivity index (χ0v) is 16.9. The van der Waals surface area contributed by atoms with Crippen LogP contribution in [0.1, 0.15) is 21.5 Å². The van der Waals surface area contributed by atoms with Crippen LogP contribution in [0.5, 0.6) is 5.75 Å². The van der Waals surface area contributed by atoms with Crippen molar-refractivity contribution in [2.45, 2.75) is 13.8 Å². The van der Waals surface area contributed by atoms with Gasteiger partial charge in [-0.1, -0.05) is 29.8 Å². The largest absolute Gasteiger partial charge is 0.452 e. The van der Waals surface area contributed by atoms with Crippen molar-refractivity contribution in [2.75, 3.05) is 0 Å². The lowest BCUT2D eigenvalue weighted by atomic mass is 10.0. The van der Waals surface area contributed by atoms with Crippen molar-refractivity contribution in [3.8, 4) is 17.1 Å². The molecular weight excluding hydrogens is 407 g/mol. The van der Waals surface area contributed by atoms with Crippen molar-refractivity contribution in [2.24, 2.45) is 0 Å². The second kappa shape index (κ2) is 7.76. The molecular formula is C24H16ClFO4. The van der Waals surface area contributed by atoms with E-state index in [1.165, 1.54) is 12.1 Å². The number of esters is 1. The SMILES string of the molecule is Cc1cc(C)c2c(=O)c(OC(=O)c3ccc(F)cc3)c(-c3ccccc3Cl)oc2c1. The van der Waals surface area contributed by atoms with Crippen molar-refractivity contribution >= 4 is 28.5 Å². The summed E-state index contributed by atoms with van der Waals surface area (Å²) in [5.74, 6) is -1.50. The van der Waals surface area contributed by atoms with E-state index >= 15 is 0 Å². The maximum Gasteiger partial charge on any atom is 0.343 e. The predicted octanol–water partition coefficient (Wildman–Crippen LogP) is 6.09. The molecule has 0 bridgehead atoms. The van der Waals surface area contributed by atoms with E-state index in [-0.39, 0.29) is 17.1 Å². The minimum absolute atomic E-state index is 0.0542. The molecule has 3 aromatic carbocycles. The Balaban J connectivity index is 1.96. The summed E-state index contributed by atoms with van der Waals surface area (Å²) in [7, 11) is 0. The van der Waals surface area contributed by atoms with E-state index in [0.29, 0.717) is 27.1 Å². The fourth-order valence-electron chi connectivity index (χ4n) is 3.33. The molecule has 0 aliphatic heterocycles. The molecule has 1 heterocycles. The summed E-state index contributed by atoms with van der Waals surface area (Å²) < 4.78 is 24.7. The van der Waals surface area contributed by atoms with E-state index in [9.17, 15) is 14.0 Å². The fourth-order valence-corrected chi connectivity index (χ4v) is 3.55. The molecule has 0 unspecified atom stereocenters. The van der Waals surface area contributed by atoms with Crippen LogP contribution in [-0.4, -0.2) is 5.97 Å². The predicted molar refractivity (Wildman–Crippen MR) is 114 cm³/mol. The van der Waals surface area contributed by atoms with Gasteiger partial charge in [0.1, 0.15) is 11.4 Å². The second-order valence-corrected chi connectivity index (χ2v) is 7.33. The van der Waals surface area contributed by atoms with Crippen LogP contribution < -0.4 is 10.2 Å². The summed E-state index contributed by atoms with van der Waals surface area (Å²) >= 11 is 6.32. The van der Waals surface area contributed by atoms with Gasteiger partial charge in [0, 0.05) is 5.56 Å². The van der Waals surface area contributed by atoms with Crippen LogP contribution in [0.2, 0.25) is 5.02 Å². The van der Waals surface area contributed by atoms with E-state index in [2.05, 4.69) is 0 Å². The van der Waals surface area contributed by atoms with Gasteiger partial charge in [0.25, 0.3) is 0 Å². The standard InChI is InChI=1S/C24H16ClFO4/c1-13-11-14(2)20-19(12-13)29-22(17-5-3-4-6-18(17)25)23(21(20)27)30-24(28)15-7-9-16(26)10-8-15/h3-12H,1-2H3. The van der Waals surface area contributed by atoms with E-state index in [4.69, 9.17) is 20.8 Å². The first kappa shape index (κ1) is 19.9. The molecule has 0 amide bonds. The van der Waals surface area contributed by atoms with Crippen molar-refractivity contribution in [1.29, 1.82) is 0 Å². The number of rotatable bonds is 3. The summed E-state index contributed by atoms with van der Waals surface area (Å²) in [6, 6.07) is 15.2. The number of benzene rings is 3. The first-order chi connectivity index (χ1) is 14.3. The van der Waals surface area contributed by atoms with Crippen molar-refractivity contribution < 1.29 is 18.3 Å². The first-order valence-electron chi connectivity index (χ1n) is 9.16. The quantitative estimate of drug-likeness (QED) is 0.375. The maximum atomic E-state index is 13.3. The third-order valence-corrected chi connectivity index (χ3v) is 5.02. The minimum atomic E-state index is -0.806. The molecule has 30 heavy (non-hydrogen) atoms. The normalized spacial score (nSPS) is 10.9. The van der Waals surface area contributed by atoms with Crippen molar-refractivity contribution in [1.82, 2.24) is 0 Å². The molecule has 0 spiro atoms. The van der Waals surface area contributed by atoms with Crippen LogP contribution in [0.4, 0.5) is 4.39 Å². The molecule has 6 heteroatoms. The minimum Gasteiger partial charge on any atom is -0.452 e. The monoisotopic (exact) mass is 422 g/mol. The number of aryl methyl sites for hydroxylation is 2. The topological polar surface area (TPSA) is 56.5 Å². The number of halogens is 2. The third-order valence-electron chi connectivity index (χ3n) is 4.69. The zero-order valence-electron chi connectivity index (χ0n) is 16.2. The number of ether oxygens (including phenoxy) is 1. The third kappa shape index (κ3) is 3.60. The van der Waals surface area contributed by atoms with Gasteiger partial charge in [-0.15, -0.1) is 0 Å². The van der Waals surface area contributed by atoms with Crippen LogP contribution in [-0.2, 0) is 0 Å². The van der Waals surface area contributed by atoms with Gasteiger partial charge in [0.15, 0.2) is 5.76 Å². The Hall–Kier alpha value is -3.44. The Morgan fingerprint density at radius 3 is 2.43 bits per heavy atom. The van der Waals surface area contributed by atoms with E-state index in [1.807, 2.05) is 13.0 Å². The molecule has 4 rings (SSSR count). The fraction of sp³-hybridized carbons (Fsp3) is 0.0833. The molecule has 0 radical (unpaired) electrons. The Bertz CT molecular complexity index is 1340. The van der Waals surface area contributed by atoms with E-state index < -0.39 is 17.2 Å². The maximum absolute atomic E-state index is 13.3. The zero-order chi connectivity index (χ0) is 21.4. The molecule has 150 valence electrons. The smallest absolute Gasteiger partial charge is 0.343 e. The molecule has 0 saturated heterocycles. The van der Waals surface area contributed by atoms with Gasteiger partial charge in [-0.3, -0.25) is 4.79 Å². The molecule has 0 saturated carbocycles. The van der Waals surface area contributed by atoms with Gasteiger partial charge in [-0.2, -0.15) is 0 Å². The summed E-state index contributed by atoms with van der Waals surface area (Å²) in [5, 5.41) is 0.654. The highest BCUT2D eigenvalue weighted by Gasteiger charge is 2.23. The summed E-state index contributed by atoms with van der Waals surface area (Å²) in [5.41, 5.74) is 2.02. The molecule has 1 aromatic heterocycles. The second-order valence-electron chi connectivity index (χ2n) is 6.92. The molecule has 4 aromatic rings. The van der Waals surface area contributed by atoms with Crippen LogP contribution in [0.3, 0.4) is 0 Å². The van der Waals surface area contributed by atoms with Crippen molar-refractivity contribution in [3.63, 3.8) is 0 Å². The molecule has 4 nitrogen and oxygen atoms in total. The van der Waals surface area contributed by atoms with E-state index in [0.717, 1.165) is 17.7 Å². The molecule has 0 aliphatic rings. The summed E-state index contributed by atoms with van der Waals surface area (Å²) in [6.45, 7) is 3.68. The molecule has 0 atom stereocenters. The highest BCUT2D eigenvalue weighted by Crippen LogP contribution is 2.36. The Labute approximate surface area is 176 Å². The van der Waals surface area contributed by atoms with Gasteiger partial charge in [0.2, 0.25) is 11.2 Å². The average molecular weight is 423 g/mol. The highest BCUT2D eigenvalue weighted by atomic mass is 35.5. The van der Waals surface area contributed by atoms with Crippen LogP contribution >= 0.6 is 11.6 Å². The summed E-state index contributed by atoms with van der Waals surface area (Å²) in [6.07, 6.45) is 0. The van der Waals surface area contributed by atoms with Gasteiger partial charge in [-0.05, 0) is 67.4 Å². The lowest BCUT2D eigenvalue weighted by Crippen LogP contribution is -2.17. The number of carbonyl (C=O) groups excluding carboxylic acids is 1. The Morgan fingerprint density at radius 1 is 1.03 bits per heavy atom. The molecule has 0 aliphatic carbocycles. The number of fused-ring (bicyclic) bond motifs is 1. The number of hydrogen-bond acceptors (Lipinski definition) is 4. The van der Waals surface area contributed by atoms with E-state index in [1.54, 1.807) is 37.3 Å². The van der Waals surface area contributed by atoms with Crippen LogP contribution in [0, 0.1) is 19.7 Å². The average Bonchev–Trinajstić information content (AvgIpc) is 2.70. The highest BCUT2D eigenvalue weighted by molar-refractivity contribution is 6.33. The van der Waals surface area contributed by atoms with Gasteiger partial charge in [0.05, 0.1) is 16.0 Å². The lowest BCUT2D eigenvalue weighted by molar-refractivity contribution is 0.0731. The summed E-state index contributed by atoms with van der Waals surface area (Å²) in [4.78, 5) is 26.0. The van der Waals surface area contributed by atoms with Crippen LogP contribution in [0.15, 0.2) is 69.9 Å². The van der Waals surface area contributed by atoms with Gasteiger partial charge in [-0.25, -0.2) is 9.18 Å². The molecule has 0 N–H and O–H groups in total. The number of hydrogen-bond donors (Lipinski definition) is 0. The van der Waals surface area contributed by atoms with Gasteiger partial charge < -0.3 is 9.15 Å². The Morgan fingerprint density at radius 2 is 1.73 bits per heavy atom. The van der Waals surface area contributed by atoms with Gasteiger partial charge >= 0.3 is 5.97 Å². The Kier molecular flexibility index (Phi) is 5.14. The molecule has 0 fully saturated rings. The van der Waals surface area contributed by atoms with Crippen molar-refractivity contribution in [3.05, 3.63) is 98.4 Å². The first-order valence-corrected chi connectivity index (χ1v) is 9.53. The lowest BCUT2D eigenvalue weighted by Gasteiger charge is -2.13. The van der Waals surface area contributed by atoms with Crippen LogP contribution in [0.25, 0.3) is 22.3 Å².